The van der Waals surface area contributed by atoms with Crippen LogP contribution < -0.4 is 0 Å². The Morgan fingerprint density at radius 3 is 2.43 bits per heavy atom. The first-order chi connectivity index (χ1) is 3.00. The number of allylic oxidation sites excluding steroid dienone is 2. The van der Waals surface area contributed by atoms with Gasteiger partial charge in [0.25, 0.3) is 0 Å². The Morgan fingerprint density at radius 2 is 2.29 bits per heavy atom. The van der Waals surface area contributed by atoms with E-state index in [0.717, 1.165) is 9.13 Å². The predicted molar refractivity (Wildman–Crippen MR) is 30.4 cm³/mol. The van der Waals surface area contributed by atoms with Crippen molar-refractivity contribution in [3.63, 3.8) is 0 Å². The molecule has 0 fully saturated rings. The van der Waals surface area contributed by atoms with Crippen LogP contribution in [0, 0.1) is 0 Å². The van der Waals surface area contributed by atoms with Gasteiger partial charge >= 0.3 is 0 Å². The van der Waals surface area contributed by atoms with Crippen LogP contribution in [0.1, 0.15) is 6.42 Å². The van der Waals surface area contributed by atoms with Gasteiger partial charge in [0.05, 0.1) is 0 Å². The third-order valence-corrected chi connectivity index (χ3v) is 1.81. The summed E-state index contributed by atoms with van der Waals surface area (Å²) in [7, 11) is 1.09. The zero-order chi connectivity index (χ0) is 4.24. The normalized spacial score (nSPS) is 16.0. The van der Waals surface area contributed by atoms with Crippen molar-refractivity contribution in [3.05, 3.63) is 12.2 Å². The first-order valence-electron chi connectivity index (χ1n) is 2.22. The standard InChI is InChI=1S/C5H7Si.Fe/c1-2-4-6-5-3-1;/h1-2,4H,3,5H2;. The van der Waals surface area contributed by atoms with Crippen molar-refractivity contribution in [2.75, 3.05) is 0 Å². The Labute approximate surface area is 56.9 Å². The molecule has 2 heteroatoms. The molecule has 1 aliphatic heterocycles. The Kier molecular flexibility index (Phi) is 4.73. The second kappa shape index (κ2) is 4.50. The molecule has 0 bridgehead atoms. The van der Waals surface area contributed by atoms with Crippen LogP contribution >= 0.6 is 0 Å². The van der Waals surface area contributed by atoms with Crippen LogP contribution in [-0.2, 0) is 17.1 Å². The van der Waals surface area contributed by atoms with Crippen LogP contribution in [0.5, 0.6) is 0 Å². The van der Waals surface area contributed by atoms with Gasteiger partial charge in [-0.15, -0.1) is 0 Å². The molecule has 0 aromatic carbocycles. The van der Waals surface area contributed by atoms with E-state index in [4.69, 9.17) is 0 Å². The van der Waals surface area contributed by atoms with Crippen LogP contribution in [0.2, 0.25) is 6.04 Å². The molecule has 0 nitrogen and oxygen atoms in total. The van der Waals surface area contributed by atoms with Crippen molar-refractivity contribution in [3.8, 4) is 0 Å². The molecule has 0 saturated heterocycles. The van der Waals surface area contributed by atoms with Gasteiger partial charge in [0.2, 0.25) is 0 Å². The molecule has 0 unspecified atom stereocenters. The van der Waals surface area contributed by atoms with Crippen LogP contribution in [0.15, 0.2) is 12.2 Å². The van der Waals surface area contributed by atoms with Crippen LogP contribution in [-0.4, -0.2) is 14.8 Å². The fourth-order valence-electron chi connectivity index (χ4n) is 0.482. The molecule has 0 spiro atoms. The molecule has 7 heavy (non-hydrogen) atoms. The van der Waals surface area contributed by atoms with Crippen LogP contribution in [0.3, 0.4) is 0 Å². The Hall–Kier alpha value is 0.346. The topological polar surface area (TPSA) is 0 Å². The summed E-state index contributed by atoms with van der Waals surface area (Å²) in [4.78, 5) is 0. The third kappa shape index (κ3) is 2.98. The van der Waals surface area contributed by atoms with E-state index in [1.165, 1.54) is 12.5 Å². The summed E-state index contributed by atoms with van der Waals surface area (Å²) in [6, 6.07) is 1.39. The molecule has 0 N–H and O–H groups in total. The minimum absolute atomic E-state index is 0. The van der Waals surface area contributed by atoms with E-state index >= 15 is 0 Å². The summed E-state index contributed by atoms with van der Waals surface area (Å²) >= 11 is 0. The SMILES string of the molecule is C1=CCC[Si]=C1.[Fe]. The maximum Gasteiger partial charge on any atom is 0.0195 e. The second-order valence-electron chi connectivity index (χ2n) is 1.34. The summed E-state index contributed by atoms with van der Waals surface area (Å²) < 4.78 is 0. The fraction of sp³-hybridized carbons (Fsp3) is 0.400. The molecule has 0 aromatic rings. The number of hydrogen-bond donors (Lipinski definition) is 0. The molecule has 0 saturated carbocycles. The van der Waals surface area contributed by atoms with Gasteiger partial charge < -0.3 is 0 Å². The molecule has 1 radical (unpaired) electrons. The van der Waals surface area contributed by atoms with Gasteiger partial charge in [-0.1, -0.05) is 17.8 Å². The largest absolute Gasteiger partial charge is 0.0849 e. The average Bonchev–Trinajstić information content (AvgIpc) is 1.72. The second-order valence-corrected chi connectivity index (χ2v) is 2.58. The Morgan fingerprint density at radius 1 is 1.43 bits per heavy atom. The molecule has 1 aliphatic rings. The molecule has 0 amide bonds. The average molecular weight is 151 g/mol. The fourth-order valence-corrected chi connectivity index (χ4v) is 1.25. The molecule has 0 aromatic heterocycles. The van der Waals surface area contributed by atoms with Crippen molar-refractivity contribution >= 4 is 14.8 Å². The van der Waals surface area contributed by atoms with Crippen molar-refractivity contribution < 1.29 is 17.1 Å². The summed E-state index contributed by atoms with van der Waals surface area (Å²) in [6.45, 7) is 0. The molecular weight excluding hydrogens is 144 g/mol. The minimum atomic E-state index is 0. The molecule has 0 atom stereocenters. The van der Waals surface area contributed by atoms with Crippen molar-refractivity contribution in [1.82, 2.24) is 0 Å². The summed E-state index contributed by atoms with van der Waals surface area (Å²) in [5, 5.41) is 0. The van der Waals surface area contributed by atoms with Gasteiger partial charge in [0, 0.05) is 26.2 Å². The van der Waals surface area contributed by atoms with Crippen molar-refractivity contribution in [2.45, 2.75) is 12.5 Å². The van der Waals surface area contributed by atoms with Gasteiger partial charge in [-0.05, 0) is 12.5 Å². The summed E-state index contributed by atoms with van der Waals surface area (Å²) in [5.74, 6) is 0. The maximum atomic E-state index is 2.24. The monoisotopic (exact) mass is 151 g/mol. The number of rotatable bonds is 0. The molecule has 1 heterocycles. The molecule has 1 rings (SSSR count). The van der Waals surface area contributed by atoms with Gasteiger partial charge in [0.15, 0.2) is 0 Å². The first-order valence-corrected chi connectivity index (χ1v) is 3.50. The van der Waals surface area contributed by atoms with Gasteiger partial charge in [-0.25, -0.2) is 0 Å². The predicted octanol–water partition coefficient (Wildman–Crippen LogP) is 0.869. The van der Waals surface area contributed by atoms with E-state index in [1.54, 1.807) is 0 Å². The summed E-state index contributed by atoms with van der Waals surface area (Å²) in [6.07, 6.45) is 5.67. The van der Waals surface area contributed by atoms with Crippen LogP contribution in [0.25, 0.3) is 0 Å². The molecule has 0 aliphatic carbocycles. The Bertz CT molecular complexity index is 74.1. The van der Waals surface area contributed by atoms with E-state index in [-0.39, 0.29) is 17.1 Å². The van der Waals surface area contributed by atoms with E-state index in [9.17, 15) is 0 Å². The van der Waals surface area contributed by atoms with Gasteiger partial charge in [-0.3, -0.25) is 0 Å². The van der Waals surface area contributed by atoms with Gasteiger partial charge in [0.1, 0.15) is 0 Å². The third-order valence-electron chi connectivity index (χ3n) is 0.806. The van der Waals surface area contributed by atoms with Crippen molar-refractivity contribution in [2.24, 2.45) is 0 Å². The maximum absolute atomic E-state index is 2.24. The van der Waals surface area contributed by atoms with Crippen LogP contribution in [0.4, 0.5) is 0 Å². The minimum Gasteiger partial charge on any atom is -0.0849 e. The first kappa shape index (κ1) is 7.35. The summed E-state index contributed by atoms with van der Waals surface area (Å²) in [5.41, 5.74) is 2.24. The molecular formula is C5H7FeSi. The van der Waals surface area contributed by atoms with E-state index < -0.39 is 0 Å². The van der Waals surface area contributed by atoms with Crippen molar-refractivity contribution in [1.29, 1.82) is 0 Å². The van der Waals surface area contributed by atoms with Gasteiger partial charge in [-0.2, -0.15) is 0 Å². The number of hydrogen-bond acceptors (Lipinski definition) is 0. The smallest absolute Gasteiger partial charge is 0.0195 e. The molecule has 39 valence electrons. The zero-order valence-corrected chi connectivity index (χ0v) is 6.10. The quantitative estimate of drug-likeness (QED) is 0.450. The van der Waals surface area contributed by atoms with E-state index in [2.05, 4.69) is 17.8 Å². The Balaban J connectivity index is 0.000000360. The van der Waals surface area contributed by atoms with E-state index in [1.807, 2.05) is 0 Å². The zero-order valence-electron chi connectivity index (χ0n) is 4.00. The van der Waals surface area contributed by atoms with E-state index in [0.29, 0.717) is 0 Å².